The number of para-hydroxylation sites is 2. The fourth-order valence-electron chi connectivity index (χ4n) is 6.05. The number of phenols is 2. The maximum absolute atomic E-state index is 17.2. The molecule has 1 aliphatic carbocycles. The van der Waals surface area contributed by atoms with E-state index in [1.807, 2.05) is 32.0 Å². The molecule has 0 heterocycles. The summed E-state index contributed by atoms with van der Waals surface area (Å²) in [6.45, 7) is 5.97. The van der Waals surface area contributed by atoms with Gasteiger partial charge in [0.25, 0.3) is 0 Å². The summed E-state index contributed by atoms with van der Waals surface area (Å²) >= 11 is 0. The Labute approximate surface area is 279 Å². The summed E-state index contributed by atoms with van der Waals surface area (Å²) in [6.07, 6.45) is 5.83. The number of benzene rings is 4. The smallest absolute Gasteiger partial charge is 0.202 e. The molecule has 48 heavy (non-hydrogen) atoms. The molecule has 10 heteroatoms. The van der Waals surface area contributed by atoms with Gasteiger partial charge in [0.15, 0.2) is 11.6 Å². The Hall–Kier alpha value is -5.25. The number of anilines is 4. The van der Waals surface area contributed by atoms with E-state index < -0.39 is 45.6 Å². The lowest BCUT2D eigenvalue weighted by molar-refractivity contribution is 0.0967. The maximum Gasteiger partial charge on any atom is 0.202 e. The van der Waals surface area contributed by atoms with E-state index in [1.54, 1.807) is 18.2 Å². The number of fused-ring (bicyclic) bond motifs is 2. The van der Waals surface area contributed by atoms with Crippen molar-refractivity contribution >= 4 is 34.3 Å². The van der Waals surface area contributed by atoms with Gasteiger partial charge >= 0.3 is 0 Å². The van der Waals surface area contributed by atoms with Gasteiger partial charge in [-0.05, 0) is 55.7 Å². The van der Waals surface area contributed by atoms with Crippen LogP contribution in [0.2, 0.25) is 0 Å². The van der Waals surface area contributed by atoms with Gasteiger partial charge in [-0.25, -0.2) is 4.39 Å². The van der Waals surface area contributed by atoms with Crippen LogP contribution < -0.4 is 24.8 Å². The van der Waals surface area contributed by atoms with Crippen LogP contribution in [-0.2, 0) is 0 Å². The van der Waals surface area contributed by atoms with E-state index in [-0.39, 0.29) is 29.3 Å². The normalized spacial score (nSPS) is 12.0. The Morgan fingerprint density at radius 1 is 0.646 bits per heavy atom. The number of phenolic OH excluding ortho intramolecular Hbond substituents is 2. The molecule has 0 aromatic heterocycles. The zero-order valence-corrected chi connectivity index (χ0v) is 27.9. The summed E-state index contributed by atoms with van der Waals surface area (Å²) in [6, 6.07) is 12.9. The first-order valence-electron chi connectivity index (χ1n) is 16.1. The maximum atomic E-state index is 17.2. The van der Waals surface area contributed by atoms with Gasteiger partial charge in [-0.1, -0.05) is 63.3 Å². The number of carbonyl (C=O) groups is 2. The molecule has 0 unspecified atom stereocenters. The highest BCUT2D eigenvalue weighted by Gasteiger charge is 2.42. The molecule has 0 atom stereocenters. The zero-order valence-electron chi connectivity index (χ0n) is 27.9. The van der Waals surface area contributed by atoms with Crippen molar-refractivity contribution in [2.24, 2.45) is 0 Å². The Kier molecular flexibility index (Phi) is 10.4. The molecule has 0 saturated carbocycles. The van der Waals surface area contributed by atoms with Gasteiger partial charge in [-0.15, -0.1) is 0 Å². The summed E-state index contributed by atoms with van der Waals surface area (Å²) in [4.78, 5) is 28.3. The molecular weight excluding hydrogens is 615 g/mol. The third kappa shape index (κ3) is 6.34. The number of rotatable bonds is 14. The van der Waals surface area contributed by atoms with Gasteiger partial charge in [0.2, 0.25) is 11.6 Å². The summed E-state index contributed by atoms with van der Waals surface area (Å²) in [5.41, 5.74) is 0.409. The molecule has 4 aromatic carbocycles. The molecule has 0 fully saturated rings. The average molecular weight is 657 g/mol. The minimum Gasteiger partial charge on any atom is -0.507 e. The Balaban J connectivity index is 1.79. The van der Waals surface area contributed by atoms with E-state index in [9.17, 15) is 19.8 Å². The fourth-order valence-corrected chi connectivity index (χ4v) is 6.05. The standard InChI is InChI=1S/C38H41FN2O7/c1-6-7-8-9-10-11-20-48-38-30-29(36(44)27-23(42)18-19-24(43)28(27)37(30)45)31(39)34(40-32-21(2)14-12-16-25(32)46-4)35(38)41-33-22(3)15-13-17-26(33)47-5/h12-19,40-43H,6-11,20H2,1-5H3. The topological polar surface area (TPSA) is 126 Å². The lowest BCUT2D eigenvalue weighted by atomic mass is 9.81. The SMILES string of the molecule is CCCCCCCCOc1c(Nc2c(C)cccc2OC)c(Nc2c(C)cccc2OC)c(F)c2c1C(=O)c1c(O)ccc(O)c1C2=O. The number of hydrogen-bond donors (Lipinski definition) is 4. The molecule has 0 amide bonds. The van der Waals surface area contributed by atoms with Crippen molar-refractivity contribution in [2.45, 2.75) is 59.3 Å². The van der Waals surface area contributed by atoms with Crippen LogP contribution in [-0.4, -0.2) is 42.6 Å². The van der Waals surface area contributed by atoms with Crippen molar-refractivity contribution in [2.75, 3.05) is 31.5 Å². The molecule has 4 N–H and O–H groups in total. The van der Waals surface area contributed by atoms with Crippen LogP contribution in [0.25, 0.3) is 0 Å². The average Bonchev–Trinajstić information content (AvgIpc) is 3.07. The number of carbonyl (C=O) groups excluding carboxylic acids is 2. The molecule has 0 saturated heterocycles. The van der Waals surface area contributed by atoms with Gasteiger partial charge in [0, 0.05) is 0 Å². The van der Waals surface area contributed by atoms with Crippen LogP contribution in [0.5, 0.6) is 28.7 Å². The van der Waals surface area contributed by atoms with E-state index in [0.29, 0.717) is 29.3 Å². The van der Waals surface area contributed by atoms with Crippen LogP contribution >= 0.6 is 0 Å². The van der Waals surface area contributed by atoms with Crippen molar-refractivity contribution in [3.63, 3.8) is 0 Å². The van der Waals surface area contributed by atoms with Crippen molar-refractivity contribution in [1.82, 2.24) is 0 Å². The molecule has 0 radical (unpaired) electrons. The first kappa shape index (κ1) is 34.1. The first-order valence-corrected chi connectivity index (χ1v) is 16.1. The van der Waals surface area contributed by atoms with Crippen molar-refractivity contribution < 1.29 is 38.4 Å². The molecule has 9 nitrogen and oxygen atoms in total. The summed E-state index contributed by atoms with van der Waals surface area (Å²) in [5, 5.41) is 27.8. The van der Waals surface area contributed by atoms with Crippen LogP contribution in [0.3, 0.4) is 0 Å². The summed E-state index contributed by atoms with van der Waals surface area (Å²) in [7, 11) is 3.00. The Bertz CT molecular complexity index is 1870. The monoisotopic (exact) mass is 656 g/mol. The van der Waals surface area contributed by atoms with E-state index in [2.05, 4.69) is 17.6 Å². The second kappa shape index (κ2) is 14.7. The second-order valence-electron chi connectivity index (χ2n) is 11.8. The number of aromatic hydroxyl groups is 2. The van der Waals surface area contributed by atoms with Crippen LogP contribution in [0.4, 0.5) is 27.1 Å². The van der Waals surface area contributed by atoms with Crippen LogP contribution in [0.1, 0.15) is 88.4 Å². The van der Waals surface area contributed by atoms with Gasteiger partial charge in [-0.3, -0.25) is 9.59 Å². The molecule has 0 bridgehead atoms. The number of nitrogens with one attached hydrogen (secondary N) is 2. The van der Waals surface area contributed by atoms with E-state index in [4.69, 9.17) is 14.2 Å². The predicted molar refractivity (Wildman–Crippen MR) is 184 cm³/mol. The van der Waals surface area contributed by atoms with Crippen molar-refractivity contribution in [3.8, 4) is 28.7 Å². The number of ether oxygens (including phenoxy) is 3. The van der Waals surface area contributed by atoms with Gasteiger partial charge < -0.3 is 35.1 Å². The highest BCUT2D eigenvalue weighted by Crippen LogP contribution is 2.51. The molecule has 1 aliphatic rings. The third-order valence-corrected chi connectivity index (χ3v) is 8.62. The summed E-state index contributed by atoms with van der Waals surface area (Å²) in [5.74, 6) is -3.16. The van der Waals surface area contributed by atoms with Gasteiger partial charge in [0.1, 0.15) is 34.4 Å². The highest BCUT2D eigenvalue weighted by atomic mass is 19.1. The molecule has 0 spiro atoms. The highest BCUT2D eigenvalue weighted by molar-refractivity contribution is 6.32. The molecule has 4 aromatic rings. The number of methoxy groups -OCH3 is 2. The number of halogens is 1. The fraction of sp³-hybridized carbons (Fsp3) is 0.316. The minimum absolute atomic E-state index is 0.0411. The van der Waals surface area contributed by atoms with Crippen LogP contribution in [0, 0.1) is 19.7 Å². The number of aryl methyl sites for hydroxylation is 2. The third-order valence-electron chi connectivity index (χ3n) is 8.62. The molecule has 252 valence electrons. The molecular formula is C38H41FN2O7. The van der Waals surface area contributed by atoms with Gasteiger partial charge in [-0.2, -0.15) is 0 Å². The quantitative estimate of drug-likeness (QED) is 0.0685. The zero-order chi connectivity index (χ0) is 34.5. The number of hydrogen-bond acceptors (Lipinski definition) is 9. The summed E-state index contributed by atoms with van der Waals surface area (Å²) < 4.78 is 34.8. The Morgan fingerprint density at radius 3 is 1.69 bits per heavy atom. The number of ketones is 2. The minimum atomic E-state index is -1.05. The van der Waals surface area contributed by atoms with E-state index >= 15 is 4.39 Å². The predicted octanol–water partition coefficient (Wildman–Crippen LogP) is 8.87. The molecule has 5 rings (SSSR count). The second-order valence-corrected chi connectivity index (χ2v) is 11.8. The first-order chi connectivity index (χ1) is 23.1. The lowest BCUT2D eigenvalue weighted by Gasteiger charge is -2.28. The Morgan fingerprint density at radius 2 is 1.15 bits per heavy atom. The van der Waals surface area contributed by atoms with Crippen LogP contribution in [0.15, 0.2) is 48.5 Å². The van der Waals surface area contributed by atoms with E-state index in [1.165, 1.54) is 14.2 Å². The van der Waals surface area contributed by atoms with E-state index in [0.717, 1.165) is 55.4 Å². The van der Waals surface area contributed by atoms with Crippen molar-refractivity contribution in [1.29, 1.82) is 0 Å². The van der Waals surface area contributed by atoms with Gasteiger partial charge in [0.05, 0.1) is 54.5 Å². The number of unbranched alkanes of at least 4 members (excludes halogenated alkanes) is 5. The largest absolute Gasteiger partial charge is 0.507 e. The lowest BCUT2D eigenvalue weighted by Crippen LogP contribution is -2.25. The van der Waals surface area contributed by atoms with Crippen molar-refractivity contribution in [3.05, 3.63) is 87.7 Å². The molecule has 0 aliphatic heterocycles.